The average molecular weight is 208 g/mol. The second-order valence-electron chi connectivity index (χ2n) is 3.98. The molecule has 0 bridgehead atoms. The highest BCUT2D eigenvalue weighted by Gasteiger charge is 2.12. The number of hydrogen-bond acceptors (Lipinski definition) is 4. The van der Waals surface area contributed by atoms with Crippen molar-refractivity contribution in [1.29, 1.82) is 0 Å². The van der Waals surface area contributed by atoms with Crippen molar-refractivity contribution in [2.75, 3.05) is 12.3 Å². The lowest BCUT2D eigenvalue weighted by atomic mass is 10.1. The first-order valence-electron chi connectivity index (χ1n) is 5.30. The van der Waals surface area contributed by atoms with Gasteiger partial charge in [-0.25, -0.2) is 0 Å². The van der Waals surface area contributed by atoms with Gasteiger partial charge in [0.05, 0.1) is 6.33 Å². The van der Waals surface area contributed by atoms with E-state index in [1.54, 1.807) is 12.5 Å². The van der Waals surface area contributed by atoms with Gasteiger partial charge < -0.3 is 15.6 Å². The second kappa shape index (κ2) is 4.44. The van der Waals surface area contributed by atoms with E-state index in [4.69, 9.17) is 5.73 Å². The molecule has 82 valence electrons. The molecule has 5 heteroatoms. The lowest BCUT2D eigenvalue weighted by Crippen LogP contribution is -2.37. The highest BCUT2D eigenvalue weighted by atomic mass is 16.1. The van der Waals surface area contributed by atoms with E-state index < -0.39 is 0 Å². The fraction of sp³-hybridized carbons (Fsp3) is 0.600. The van der Waals surface area contributed by atoms with Crippen LogP contribution in [0.25, 0.3) is 0 Å². The van der Waals surface area contributed by atoms with E-state index in [1.165, 1.54) is 19.3 Å². The zero-order chi connectivity index (χ0) is 10.7. The summed E-state index contributed by atoms with van der Waals surface area (Å²) in [6.07, 6.45) is 6.90. The minimum atomic E-state index is -0.345. The van der Waals surface area contributed by atoms with Crippen LogP contribution in [0, 0.1) is 0 Å². The van der Waals surface area contributed by atoms with Gasteiger partial charge in [0.1, 0.15) is 5.69 Å². The molecule has 0 amide bonds. The third kappa shape index (κ3) is 2.56. The zero-order valence-corrected chi connectivity index (χ0v) is 8.65. The van der Waals surface area contributed by atoms with Gasteiger partial charge in [-0.15, -0.1) is 0 Å². The van der Waals surface area contributed by atoms with Gasteiger partial charge in [0.2, 0.25) is 0 Å². The molecule has 1 saturated heterocycles. The minimum Gasteiger partial charge on any atom is -0.393 e. The number of hydrogen-bond donors (Lipinski definition) is 2. The molecule has 1 aliphatic heterocycles. The van der Waals surface area contributed by atoms with Crippen LogP contribution in [0.1, 0.15) is 19.3 Å². The Hall–Kier alpha value is -1.36. The molecule has 1 unspecified atom stereocenters. The van der Waals surface area contributed by atoms with E-state index in [0.717, 1.165) is 13.1 Å². The SMILES string of the molecule is Nc1cn(CC2CCCCN2)cnc1=O. The van der Waals surface area contributed by atoms with Gasteiger partial charge in [0.15, 0.2) is 0 Å². The van der Waals surface area contributed by atoms with Gasteiger partial charge in [0, 0.05) is 18.8 Å². The van der Waals surface area contributed by atoms with Gasteiger partial charge in [-0.1, -0.05) is 6.42 Å². The lowest BCUT2D eigenvalue weighted by Gasteiger charge is -2.24. The lowest BCUT2D eigenvalue weighted by molar-refractivity contribution is 0.361. The maximum atomic E-state index is 11.0. The summed E-state index contributed by atoms with van der Waals surface area (Å²) in [5.74, 6) is 0. The van der Waals surface area contributed by atoms with Crippen LogP contribution < -0.4 is 16.6 Å². The summed E-state index contributed by atoms with van der Waals surface area (Å²) in [6, 6.07) is 0.474. The topological polar surface area (TPSA) is 72.9 Å². The summed E-state index contributed by atoms with van der Waals surface area (Å²) in [4.78, 5) is 14.7. The van der Waals surface area contributed by atoms with Gasteiger partial charge in [0.25, 0.3) is 5.56 Å². The molecule has 0 saturated carbocycles. The quantitative estimate of drug-likeness (QED) is 0.715. The van der Waals surface area contributed by atoms with Crippen molar-refractivity contribution in [3.63, 3.8) is 0 Å². The van der Waals surface area contributed by atoms with Crippen LogP contribution in [0.15, 0.2) is 17.3 Å². The number of piperidine rings is 1. The maximum absolute atomic E-state index is 11.0. The highest BCUT2D eigenvalue weighted by Crippen LogP contribution is 2.08. The van der Waals surface area contributed by atoms with Crippen molar-refractivity contribution in [1.82, 2.24) is 14.9 Å². The van der Waals surface area contributed by atoms with Crippen molar-refractivity contribution in [2.45, 2.75) is 31.8 Å². The third-order valence-corrected chi connectivity index (χ3v) is 2.72. The number of anilines is 1. The Morgan fingerprint density at radius 3 is 3.13 bits per heavy atom. The van der Waals surface area contributed by atoms with Crippen molar-refractivity contribution in [3.8, 4) is 0 Å². The third-order valence-electron chi connectivity index (χ3n) is 2.72. The molecular formula is C10H16N4O. The van der Waals surface area contributed by atoms with E-state index >= 15 is 0 Å². The first-order valence-corrected chi connectivity index (χ1v) is 5.30. The molecule has 1 atom stereocenters. The summed E-state index contributed by atoms with van der Waals surface area (Å²) in [5, 5.41) is 3.43. The average Bonchev–Trinajstić information content (AvgIpc) is 2.25. The van der Waals surface area contributed by atoms with E-state index in [0.29, 0.717) is 6.04 Å². The monoisotopic (exact) mass is 208 g/mol. The molecule has 0 radical (unpaired) electrons. The molecular weight excluding hydrogens is 192 g/mol. The predicted octanol–water partition coefficient (Wildman–Crippen LogP) is -0.0324. The Balaban J connectivity index is 2.03. The molecule has 15 heavy (non-hydrogen) atoms. The van der Waals surface area contributed by atoms with Gasteiger partial charge >= 0.3 is 0 Å². The fourth-order valence-electron chi connectivity index (χ4n) is 1.90. The van der Waals surface area contributed by atoms with Crippen molar-refractivity contribution < 1.29 is 0 Å². The molecule has 2 rings (SSSR count). The second-order valence-corrected chi connectivity index (χ2v) is 3.98. The molecule has 1 fully saturated rings. The van der Waals surface area contributed by atoms with Gasteiger partial charge in [-0.05, 0) is 19.4 Å². The number of nitrogens with two attached hydrogens (primary N) is 1. The van der Waals surface area contributed by atoms with Gasteiger partial charge in [-0.3, -0.25) is 4.79 Å². The Labute approximate surface area is 88.3 Å². The van der Waals surface area contributed by atoms with Crippen molar-refractivity contribution >= 4 is 5.69 Å². The minimum absolute atomic E-state index is 0.216. The van der Waals surface area contributed by atoms with E-state index in [-0.39, 0.29) is 11.2 Å². The van der Waals surface area contributed by atoms with Crippen LogP contribution in [0.2, 0.25) is 0 Å². The molecule has 0 aromatic carbocycles. The van der Waals surface area contributed by atoms with Crippen LogP contribution in [-0.4, -0.2) is 22.1 Å². The summed E-state index contributed by atoms with van der Waals surface area (Å²) in [6.45, 7) is 1.91. The number of aromatic nitrogens is 2. The first-order chi connectivity index (χ1) is 7.25. The zero-order valence-electron chi connectivity index (χ0n) is 8.65. The summed E-state index contributed by atoms with van der Waals surface area (Å²) >= 11 is 0. The fourth-order valence-corrected chi connectivity index (χ4v) is 1.90. The number of nitrogens with zero attached hydrogens (tertiary/aromatic N) is 2. The van der Waals surface area contributed by atoms with Crippen LogP contribution in [0.4, 0.5) is 5.69 Å². The Morgan fingerprint density at radius 2 is 2.47 bits per heavy atom. The molecule has 5 nitrogen and oxygen atoms in total. The Kier molecular flexibility index (Phi) is 3.01. The first kappa shape index (κ1) is 10.2. The molecule has 1 aromatic heterocycles. The number of nitrogens with one attached hydrogen (secondary N) is 1. The Bertz CT molecular complexity index is 381. The Morgan fingerprint density at radius 1 is 1.60 bits per heavy atom. The van der Waals surface area contributed by atoms with E-state index in [1.807, 2.05) is 4.57 Å². The van der Waals surface area contributed by atoms with Crippen LogP contribution in [-0.2, 0) is 6.54 Å². The molecule has 1 aromatic rings. The summed E-state index contributed by atoms with van der Waals surface area (Å²) in [5.41, 5.74) is 5.38. The van der Waals surface area contributed by atoms with E-state index in [9.17, 15) is 4.79 Å². The summed E-state index contributed by atoms with van der Waals surface area (Å²) in [7, 11) is 0. The molecule has 0 spiro atoms. The number of nitrogen functional groups attached to an aromatic ring is 1. The van der Waals surface area contributed by atoms with E-state index in [2.05, 4.69) is 10.3 Å². The molecule has 0 aliphatic carbocycles. The predicted molar refractivity (Wildman–Crippen MR) is 58.6 cm³/mol. The molecule has 1 aliphatic rings. The maximum Gasteiger partial charge on any atom is 0.295 e. The van der Waals surface area contributed by atoms with Crippen LogP contribution in [0.5, 0.6) is 0 Å². The molecule has 3 N–H and O–H groups in total. The van der Waals surface area contributed by atoms with Crippen LogP contribution in [0.3, 0.4) is 0 Å². The smallest absolute Gasteiger partial charge is 0.295 e. The number of rotatable bonds is 2. The standard InChI is InChI=1S/C10H16N4O/c11-9-6-14(7-13-10(9)15)5-8-3-1-2-4-12-8/h6-8,12H,1-5,11H2. The normalized spacial score (nSPS) is 21.5. The molecule has 2 heterocycles. The van der Waals surface area contributed by atoms with Crippen molar-refractivity contribution in [2.24, 2.45) is 0 Å². The summed E-state index contributed by atoms with van der Waals surface area (Å²) < 4.78 is 1.87. The largest absolute Gasteiger partial charge is 0.393 e. The van der Waals surface area contributed by atoms with Crippen LogP contribution >= 0.6 is 0 Å². The van der Waals surface area contributed by atoms with Crippen molar-refractivity contribution in [3.05, 3.63) is 22.9 Å². The van der Waals surface area contributed by atoms with Gasteiger partial charge in [-0.2, -0.15) is 4.98 Å². The highest BCUT2D eigenvalue weighted by molar-refractivity contribution is 5.30.